The maximum absolute atomic E-state index is 12.2. The SMILES string of the molecule is COc1ccc(CCC(=O)NCCn2ncc3c(NCc4cccs4)ncnc32)cc1. The predicted octanol–water partition coefficient (Wildman–Crippen LogP) is 3.26. The number of methoxy groups -OCH3 is 1. The first-order valence-corrected chi connectivity index (χ1v) is 10.9. The number of aromatic nitrogens is 4. The summed E-state index contributed by atoms with van der Waals surface area (Å²) in [6, 6.07) is 11.9. The third-order valence-electron chi connectivity index (χ3n) is 4.89. The number of fused-ring (bicyclic) bond motifs is 1. The number of nitrogens with zero attached hydrogens (tertiary/aromatic N) is 4. The van der Waals surface area contributed by atoms with Crippen LogP contribution >= 0.6 is 11.3 Å². The van der Waals surface area contributed by atoms with Gasteiger partial charge in [-0.1, -0.05) is 18.2 Å². The molecule has 3 aromatic heterocycles. The van der Waals surface area contributed by atoms with E-state index in [0.717, 1.165) is 28.2 Å². The van der Waals surface area contributed by atoms with E-state index in [1.165, 1.54) is 11.2 Å². The molecule has 0 bridgehead atoms. The molecule has 0 spiro atoms. The van der Waals surface area contributed by atoms with Gasteiger partial charge >= 0.3 is 0 Å². The number of benzene rings is 1. The Kier molecular flexibility index (Phi) is 6.73. The summed E-state index contributed by atoms with van der Waals surface area (Å²) in [7, 11) is 1.64. The van der Waals surface area contributed by atoms with E-state index in [-0.39, 0.29) is 5.91 Å². The molecule has 0 aliphatic heterocycles. The van der Waals surface area contributed by atoms with Crippen LogP contribution in [-0.4, -0.2) is 39.3 Å². The largest absolute Gasteiger partial charge is 0.497 e. The number of carbonyl (C=O) groups excluding carboxylic acids is 1. The minimum atomic E-state index is 0.0141. The van der Waals surface area contributed by atoms with Crippen molar-refractivity contribution in [3.63, 3.8) is 0 Å². The summed E-state index contributed by atoms with van der Waals surface area (Å²) in [6.07, 6.45) is 4.42. The molecule has 0 atom stereocenters. The van der Waals surface area contributed by atoms with E-state index in [1.54, 1.807) is 29.3 Å². The van der Waals surface area contributed by atoms with Crippen molar-refractivity contribution in [2.45, 2.75) is 25.9 Å². The van der Waals surface area contributed by atoms with Gasteiger partial charge in [0.2, 0.25) is 5.91 Å². The number of anilines is 1. The first-order chi connectivity index (χ1) is 15.2. The average Bonchev–Trinajstić information content (AvgIpc) is 3.47. The maximum Gasteiger partial charge on any atom is 0.220 e. The van der Waals surface area contributed by atoms with Crippen molar-refractivity contribution in [1.82, 2.24) is 25.1 Å². The molecule has 0 saturated carbocycles. The highest BCUT2D eigenvalue weighted by atomic mass is 32.1. The quantitative estimate of drug-likeness (QED) is 0.396. The molecule has 9 heteroatoms. The number of carbonyl (C=O) groups is 1. The molecule has 0 fully saturated rings. The molecule has 1 aromatic carbocycles. The Bertz CT molecular complexity index is 1120. The van der Waals surface area contributed by atoms with Crippen molar-refractivity contribution in [3.05, 3.63) is 64.7 Å². The number of amides is 1. The van der Waals surface area contributed by atoms with Crippen LogP contribution in [0.2, 0.25) is 0 Å². The first kappa shape index (κ1) is 20.8. The number of nitrogens with one attached hydrogen (secondary N) is 2. The molecule has 0 saturated heterocycles. The van der Waals surface area contributed by atoms with E-state index in [0.29, 0.717) is 32.5 Å². The summed E-state index contributed by atoms with van der Waals surface area (Å²) in [5.41, 5.74) is 1.85. The van der Waals surface area contributed by atoms with Gasteiger partial charge in [0.15, 0.2) is 5.65 Å². The van der Waals surface area contributed by atoms with Crippen molar-refractivity contribution in [2.75, 3.05) is 19.0 Å². The second kappa shape index (κ2) is 10.0. The minimum absolute atomic E-state index is 0.0141. The van der Waals surface area contributed by atoms with Crippen LogP contribution in [0.15, 0.2) is 54.3 Å². The highest BCUT2D eigenvalue weighted by molar-refractivity contribution is 7.09. The molecule has 8 nitrogen and oxygen atoms in total. The highest BCUT2D eigenvalue weighted by Gasteiger charge is 2.10. The Balaban J connectivity index is 1.27. The monoisotopic (exact) mass is 436 g/mol. The van der Waals surface area contributed by atoms with Gasteiger partial charge in [-0.15, -0.1) is 11.3 Å². The molecule has 0 aliphatic carbocycles. The number of ether oxygens (including phenoxy) is 1. The van der Waals surface area contributed by atoms with Gasteiger partial charge in [0.25, 0.3) is 0 Å². The van der Waals surface area contributed by atoms with Gasteiger partial charge in [-0.2, -0.15) is 5.10 Å². The van der Waals surface area contributed by atoms with Gasteiger partial charge in [-0.25, -0.2) is 14.6 Å². The molecular weight excluding hydrogens is 412 g/mol. The normalized spacial score (nSPS) is 10.9. The zero-order valence-electron chi connectivity index (χ0n) is 17.2. The van der Waals surface area contributed by atoms with Crippen molar-refractivity contribution < 1.29 is 9.53 Å². The molecule has 0 aliphatic rings. The van der Waals surface area contributed by atoms with Crippen LogP contribution in [0.5, 0.6) is 5.75 Å². The molecule has 3 heterocycles. The topological polar surface area (TPSA) is 94.0 Å². The van der Waals surface area contributed by atoms with Crippen LogP contribution in [0.4, 0.5) is 5.82 Å². The van der Waals surface area contributed by atoms with Crippen LogP contribution in [-0.2, 0) is 24.3 Å². The zero-order valence-corrected chi connectivity index (χ0v) is 18.1. The lowest BCUT2D eigenvalue weighted by Gasteiger charge is -2.08. The molecule has 160 valence electrons. The first-order valence-electron chi connectivity index (χ1n) is 10.1. The van der Waals surface area contributed by atoms with E-state index < -0.39 is 0 Å². The van der Waals surface area contributed by atoms with Gasteiger partial charge in [0, 0.05) is 17.8 Å². The van der Waals surface area contributed by atoms with Crippen molar-refractivity contribution in [2.24, 2.45) is 0 Å². The van der Waals surface area contributed by atoms with E-state index in [1.807, 2.05) is 30.3 Å². The summed E-state index contributed by atoms with van der Waals surface area (Å²) < 4.78 is 6.94. The number of hydrogen-bond donors (Lipinski definition) is 2. The fourth-order valence-electron chi connectivity index (χ4n) is 3.22. The van der Waals surface area contributed by atoms with Gasteiger partial charge in [0.05, 0.1) is 31.8 Å². The number of rotatable bonds is 10. The lowest BCUT2D eigenvalue weighted by atomic mass is 10.1. The second-order valence-corrected chi connectivity index (χ2v) is 7.99. The lowest BCUT2D eigenvalue weighted by molar-refractivity contribution is -0.121. The molecule has 1 amide bonds. The molecule has 4 aromatic rings. The minimum Gasteiger partial charge on any atom is -0.497 e. The highest BCUT2D eigenvalue weighted by Crippen LogP contribution is 2.20. The fourth-order valence-corrected chi connectivity index (χ4v) is 3.87. The molecule has 0 radical (unpaired) electrons. The summed E-state index contributed by atoms with van der Waals surface area (Å²) >= 11 is 1.70. The number of hydrogen-bond acceptors (Lipinski definition) is 7. The summed E-state index contributed by atoms with van der Waals surface area (Å²) in [4.78, 5) is 22.1. The van der Waals surface area contributed by atoms with Gasteiger partial charge in [-0.3, -0.25) is 4.79 Å². The predicted molar refractivity (Wildman–Crippen MR) is 121 cm³/mol. The smallest absolute Gasteiger partial charge is 0.220 e. The fraction of sp³-hybridized carbons (Fsp3) is 0.273. The Morgan fingerprint density at radius 2 is 2.06 bits per heavy atom. The van der Waals surface area contributed by atoms with Crippen LogP contribution in [0.25, 0.3) is 11.0 Å². The zero-order chi connectivity index (χ0) is 21.5. The van der Waals surface area contributed by atoms with Crippen molar-refractivity contribution in [1.29, 1.82) is 0 Å². The van der Waals surface area contributed by atoms with Crippen LogP contribution in [0, 0.1) is 0 Å². The molecule has 2 N–H and O–H groups in total. The summed E-state index contributed by atoms with van der Waals surface area (Å²) in [5.74, 6) is 1.58. The van der Waals surface area contributed by atoms with Gasteiger partial charge in [-0.05, 0) is 35.6 Å². The van der Waals surface area contributed by atoms with E-state index >= 15 is 0 Å². The Morgan fingerprint density at radius 3 is 2.84 bits per heavy atom. The van der Waals surface area contributed by atoms with Gasteiger partial charge < -0.3 is 15.4 Å². The molecule has 0 unspecified atom stereocenters. The van der Waals surface area contributed by atoms with Gasteiger partial charge in [0.1, 0.15) is 17.9 Å². The third kappa shape index (κ3) is 5.37. The molecule has 31 heavy (non-hydrogen) atoms. The number of aryl methyl sites for hydroxylation is 1. The van der Waals surface area contributed by atoms with Crippen molar-refractivity contribution in [3.8, 4) is 5.75 Å². The van der Waals surface area contributed by atoms with Crippen LogP contribution in [0.3, 0.4) is 0 Å². The standard InChI is InChI=1S/C22H24N6O2S/c1-30-17-7-4-16(5-8-17)6-9-20(29)23-10-11-28-22-19(14-27-28)21(25-15-26-22)24-13-18-3-2-12-31-18/h2-5,7-8,12,14-15H,6,9-11,13H2,1H3,(H,23,29)(H,24,25,26). The lowest BCUT2D eigenvalue weighted by Crippen LogP contribution is -2.27. The molecular formula is C22H24N6O2S. The Labute approximate surface area is 184 Å². The van der Waals surface area contributed by atoms with Crippen LogP contribution in [0.1, 0.15) is 16.9 Å². The molecule has 4 rings (SSSR count). The van der Waals surface area contributed by atoms with E-state index in [9.17, 15) is 4.79 Å². The summed E-state index contributed by atoms with van der Waals surface area (Å²) in [5, 5.41) is 13.6. The Morgan fingerprint density at radius 1 is 1.19 bits per heavy atom. The summed E-state index contributed by atoms with van der Waals surface area (Å²) in [6.45, 7) is 1.73. The second-order valence-electron chi connectivity index (χ2n) is 6.96. The maximum atomic E-state index is 12.2. The average molecular weight is 437 g/mol. The Hall–Kier alpha value is -3.46. The van der Waals surface area contributed by atoms with Crippen LogP contribution < -0.4 is 15.4 Å². The van der Waals surface area contributed by atoms with E-state index in [2.05, 4.69) is 37.1 Å². The van der Waals surface area contributed by atoms with Crippen molar-refractivity contribution >= 4 is 34.1 Å². The third-order valence-corrected chi connectivity index (χ3v) is 5.77. The number of thiophene rings is 1. The van der Waals surface area contributed by atoms with E-state index in [4.69, 9.17) is 4.74 Å².